The van der Waals surface area contributed by atoms with Crippen LogP contribution in [0.2, 0.25) is 0 Å². The molecule has 2 aromatic carbocycles. The van der Waals surface area contributed by atoms with E-state index >= 15 is 0 Å². The number of carbonyl (C=O) groups is 1. The third kappa shape index (κ3) is 4.74. The van der Waals surface area contributed by atoms with Gasteiger partial charge in [-0.2, -0.15) is 4.98 Å². The van der Waals surface area contributed by atoms with Gasteiger partial charge in [0, 0.05) is 17.2 Å². The first-order valence-corrected chi connectivity index (χ1v) is 11.0. The molecule has 0 radical (unpaired) electrons. The summed E-state index contributed by atoms with van der Waals surface area (Å²) in [5.74, 6) is 2.82. The van der Waals surface area contributed by atoms with Crippen molar-refractivity contribution in [3.05, 3.63) is 71.6 Å². The first-order chi connectivity index (χ1) is 15.0. The number of carbonyl (C=O) groups excluding carboxylic acids is 1. The van der Waals surface area contributed by atoms with Crippen molar-refractivity contribution in [3.8, 4) is 5.75 Å². The zero-order valence-corrected chi connectivity index (χ0v) is 18.4. The summed E-state index contributed by atoms with van der Waals surface area (Å²) in [7, 11) is 0. The third-order valence-corrected chi connectivity index (χ3v) is 5.73. The second-order valence-corrected chi connectivity index (χ2v) is 7.98. The molecule has 0 saturated carbocycles. The number of hydrogen-bond donors (Lipinski definition) is 1. The van der Waals surface area contributed by atoms with Crippen molar-refractivity contribution >= 4 is 28.6 Å². The number of furan rings is 1. The van der Waals surface area contributed by atoms with E-state index in [0.29, 0.717) is 46.7 Å². The van der Waals surface area contributed by atoms with Crippen LogP contribution in [0, 0.1) is 6.92 Å². The van der Waals surface area contributed by atoms with Gasteiger partial charge in [0.15, 0.2) is 17.2 Å². The maximum absolute atomic E-state index is 13.0. The van der Waals surface area contributed by atoms with E-state index in [0.717, 1.165) is 10.3 Å². The van der Waals surface area contributed by atoms with Gasteiger partial charge in [0.1, 0.15) is 5.76 Å². The highest BCUT2D eigenvalue weighted by molar-refractivity contribution is 7.98. The van der Waals surface area contributed by atoms with Crippen LogP contribution >= 0.6 is 11.8 Å². The van der Waals surface area contributed by atoms with Crippen LogP contribution < -0.4 is 10.1 Å². The van der Waals surface area contributed by atoms with Crippen molar-refractivity contribution < 1.29 is 18.5 Å². The van der Waals surface area contributed by atoms with E-state index < -0.39 is 0 Å². The molecule has 31 heavy (non-hydrogen) atoms. The number of nitrogens with zero attached hydrogens (tertiary/aromatic N) is 2. The summed E-state index contributed by atoms with van der Waals surface area (Å²) in [5.41, 5.74) is 1.28. The minimum Gasteiger partial charge on any atom is -0.490 e. The predicted molar refractivity (Wildman–Crippen MR) is 118 cm³/mol. The van der Waals surface area contributed by atoms with Crippen LogP contribution in [0.1, 0.15) is 47.7 Å². The predicted octanol–water partition coefficient (Wildman–Crippen LogP) is 5.31. The average Bonchev–Trinajstić information content (AvgIpc) is 3.39. The largest absolute Gasteiger partial charge is 0.490 e. The number of hydrogen-bond acceptors (Lipinski definition) is 7. The standard InChI is InChI=1S/C23H23N3O4S/c1-4-28-18-10-7-8-16-12-19(29-22(16)18)14(2)24-23(27)17-9-5-6-11-20(17)31-13-21-25-15(3)30-26-21/h5-12,14H,4,13H2,1-3H3,(H,24,27). The SMILES string of the molecule is CCOc1cccc2cc(C(C)NC(=O)c3ccccc3SCc3noc(C)n3)oc12. The summed E-state index contributed by atoms with van der Waals surface area (Å²) < 4.78 is 16.7. The molecular formula is C23H23N3O4S. The van der Waals surface area contributed by atoms with Crippen molar-refractivity contribution in [1.29, 1.82) is 0 Å². The van der Waals surface area contributed by atoms with E-state index in [1.807, 2.05) is 56.3 Å². The fourth-order valence-electron chi connectivity index (χ4n) is 3.21. The van der Waals surface area contributed by atoms with Gasteiger partial charge >= 0.3 is 0 Å². The highest BCUT2D eigenvalue weighted by Crippen LogP contribution is 2.32. The molecule has 4 rings (SSSR count). The van der Waals surface area contributed by atoms with Crippen LogP contribution in [0.3, 0.4) is 0 Å². The first-order valence-electron chi connectivity index (χ1n) is 10.0. The molecule has 4 aromatic rings. The number of fused-ring (bicyclic) bond motifs is 1. The van der Waals surface area contributed by atoms with Crippen LogP contribution in [0.25, 0.3) is 11.0 Å². The van der Waals surface area contributed by atoms with Gasteiger partial charge in [-0.05, 0) is 38.1 Å². The number of nitrogens with one attached hydrogen (secondary N) is 1. The Bertz CT molecular complexity index is 1200. The molecule has 0 aliphatic rings. The zero-order valence-electron chi connectivity index (χ0n) is 17.5. The maximum atomic E-state index is 13.0. The summed E-state index contributed by atoms with van der Waals surface area (Å²) in [6, 6.07) is 14.8. The Morgan fingerprint density at radius 3 is 2.84 bits per heavy atom. The van der Waals surface area contributed by atoms with Gasteiger partial charge in [-0.25, -0.2) is 0 Å². The number of thioether (sulfide) groups is 1. The molecule has 0 spiro atoms. The molecule has 8 heteroatoms. The Labute approximate surface area is 184 Å². The molecule has 0 aliphatic carbocycles. The number of aromatic nitrogens is 2. The molecule has 1 atom stereocenters. The number of ether oxygens (including phenoxy) is 1. The summed E-state index contributed by atoms with van der Waals surface area (Å²) in [6.07, 6.45) is 0. The Morgan fingerprint density at radius 2 is 2.06 bits per heavy atom. The molecule has 7 nitrogen and oxygen atoms in total. The van der Waals surface area contributed by atoms with E-state index in [1.165, 1.54) is 11.8 Å². The Morgan fingerprint density at radius 1 is 1.23 bits per heavy atom. The second kappa shape index (κ2) is 9.26. The number of benzene rings is 2. The fourth-order valence-corrected chi connectivity index (χ4v) is 4.10. The normalized spacial score (nSPS) is 12.1. The quantitative estimate of drug-likeness (QED) is 0.374. The molecule has 0 bridgehead atoms. The van der Waals surface area contributed by atoms with E-state index in [4.69, 9.17) is 13.7 Å². The molecular weight excluding hydrogens is 414 g/mol. The van der Waals surface area contributed by atoms with E-state index in [9.17, 15) is 4.79 Å². The van der Waals surface area contributed by atoms with Crippen molar-refractivity contribution in [2.24, 2.45) is 0 Å². The topological polar surface area (TPSA) is 90.4 Å². The van der Waals surface area contributed by atoms with Crippen molar-refractivity contribution in [3.63, 3.8) is 0 Å². The van der Waals surface area contributed by atoms with Crippen LogP contribution in [0.5, 0.6) is 5.75 Å². The second-order valence-electron chi connectivity index (χ2n) is 6.97. The van der Waals surface area contributed by atoms with Gasteiger partial charge in [0.25, 0.3) is 5.91 Å². The summed E-state index contributed by atoms with van der Waals surface area (Å²) in [4.78, 5) is 18.1. The van der Waals surface area contributed by atoms with Gasteiger partial charge in [-0.15, -0.1) is 11.8 Å². The lowest BCUT2D eigenvalue weighted by Gasteiger charge is -2.13. The summed E-state index contributed by atoms with van der Waals surface area (Å²) in [5, 5.41) is 7.87. The molecule has 2 aromatic heterocycles. The lowest BCUT2D eigenvalue weighted by molar-refractivity contribution is 0.0932. The zero-order chi connectivity index (χ0) is 21.8. The number of rotatable bonds is 8. The minimum atomic E-state index is -0.313. The van der Waals surface area contributed by atoms with Gasteiger partial charge in [-0.1, -0.05) is 29.4 Å². The van der Waals surface area contributed by atoms with Gasteiger partial charge < -0.3 is 19.0 Å². The molecule has 1 amide bonds. The van der Waals surface area contributed by atoms with Gasteiger partial charge in [-0.3, -0.25) is 4.79 Å². The van der Waals surface area contributed by atoms with Crippen LogP contribution in [0.4, 0.5) is 0 Å². The number of amides is 1. The minimum absolute atomic E-state index is 0.176. The molecule has 0 fully saturated rings. The van der Waals surface area contributed by atoms with Crippen LogP contribution in [-0.2, 0) is 5.75 Å². The number of aryl methyl sites for hydroxylation is 1. The number of para-hydroxylation sites is 1. The molecule has 160 valence electrons. The Kier molecular flexibility index (Phi) is 6.27. The van der Waals surface area contributed by atoms with Crippen LogP contribution in [0.15, 0.2) is 62.4 Å². The lowest BCUT2D eigenvalue weighted by Crippen LogP contribution is -2.26. The summed E-state index contributed by atoms with van der Waals surface area (Å²) >= 11 is 1.49. The van der Waals surface area contributed by atoms with Gasteiger partial charge in [0.2, 0.25) is 5.89 Å². The molecule has 0 saturated heterocycles. The smallest absolute Gasteiger partial charge is 0.252 e. The third-order valence-electron chi connectivity index (χ3n) is 4.66. The molecule has 0 aliphatic heterocycles. The van der Waals surface area contributed by atoms with Crippen molar-refractivity contribution in [1.82, 2.24) is 15.5 Å². The summed E-state index contributed by atoms with van der Waals surface area (Å²) in [6.45, 7) is 6.13. The Balaban J connectivity index is 1.49. The highest BCUT2D eigenvalue weighted by atomic mass is 32.2. The maximum Gasteiger partial charge on any atom is 0.252 e. The van der Waals surface area contributed by atoms with Crippen molar-refractivity contribution in [2.45, 2.75) is 37.5 Å². The Hall–Kier alpha value is -3.26. The average molecular weight is 438 g/mol. The first kappa shape index (κ1) is 21.0. The molecule has 2 heterocycles. The fraction of sp³-hybridized carbons (Fsp3) is 0.261. The van der Waals surface area contributed by atoms with Crippen LogP contribution in [-0.4, -0.2) is 22.7 Å². The van der Waals surface area contributed by atoms with E-state index in [2.05, 4.69) is 15.5 Å². The molecule has 1 N–H and O–H groups in total. The highest BCUT2D eigenvalue weighted by Gasteiger charge is 2.19. The van der Waals surface area contributed by atoms with Crippen molar-refractivity contribution in [2.75, 3.05) is 6.61 Å². The lowest BCUT2D eigenvalue weighted by atomic mass is 10.1. The van der Waals surface area contributed by atoms with Gasteiger partial charge in [0.05, 0.1) is 24.0 Å². The van der Waals surface area contributed by atoms with E-state index in [-0.39, 0.29) is 11.9 Å². The van der Waals surface area contributed by atoms with E-state index in [1.54, 1.807) is 13.0 Å². The molecule has 1 unspecified atom stereocenters. The monoisotopic (exact) mass is 437 g/mol.